The molecule has 8 heteroatoms. The SMILES string of the molecule is Fc1ccccc1Cn1ccsc1=NC(=S)NCCN1CCOCC1. The van der Waals surface area contributed by atoms with Crippen LogP contribution in [-0.2, 0) is 11.3 Å². The number of benzene rings is 1. The number of aromatic nitrogens is 1. The Morgan fingerprint density at radius 1 is 1.32 bits per heavy atom. The number of nitrogens with one attached hydrogen (secondary N) is 1. The van der Waals surface area contributed by atoms with Gasteiger partial charge in [0.2, 0.25) is 0 Å². The minimum atomic E-state index is -0.210. The molecule has 2 heterocycles. The summed E-state index contributed by atoms with van der Waals surface area (Å²) in [5, 5.41) is 5.56. The molecule has 1 aromatic heterocycles. The van der Waals surface area contributed by atoms with Gasteiger partial charge in [-0.25, -0.2) is 4.39 Å². The number of hydrogen-bond acceptors (Lipinski definition) is 4. The number of morpholine rings is 1. The van der Waals surface area contributed by atoms with Crippen LogP contribution in [0, 0.1) is 5.82 Å². The first-order chi connectivity index (χ1) is 12.2. The van der Waals surface area contributed by atoms with Gasteiger partial charge in [0.05, 0.1) is 19.8 Å². The van der Waals surface area contributed by atoms with E-state index in [4.69, 9.17) is 17.0 Å². The van der Waals surface area contributed by atoms with Crippen LogP contribution in [0.15, 0.2) is 40.8 Å². The van der Waals surface area contributed by atoms with Crippen LogP contribution in [0.3, 0.4) is 0 Å². The molecule has 2 aromatic rings. The smallest absolute Gasteiger partial charge is 0.195 e. The third kappa shape index (κ3) is 5.43. The highest BCUT2D eigenvalue weighted by molar-refractivity contribution is 7.80. The van der Waals surface area contributed by atoms with Crippen LogP contribution in [0.25, 0.3) is 0 Å². The van der Waals surface area contributed by atoms with Crippen LogP contribution in [0.2, 0.25) is 0 Å². The molecular weight excluding hydrogens is 359 g/mol. The van der Waals surface area contributed by atoms with Crippen LogP contribution in [0.5, 0.6) is 0 Å². The molecule has 5 nitrogen and oxygen atoms in total. The molecule has 3 rings (SSSR count). The predicted octanol–water partition coefficient (Wildman–Crippen LogP) is 1.84. The second-order valence-corrected chi connectivity index (χ2v) is 6.96. The van der Waals surface area contributed by atoms with Crippen molar-refractivity contribution in [1.82, 2.24) is 14.8 Å². The average molecular weight is 381 g/mol. The van der Waals surface area contributed by atoms with E-state index in [1.807, 2.05) is 22.2 Å². The zero-order chi connectivity index (χ0) is 17.5. The Hall–Kier alpha value is -1.61. The molecule has 0 atom stereocenters. The van der Waals surface area contributed by atoms with E-state index in [0.29, 0.717) is 17.2 Å². The predicted molar refractivity (Wildman–Crippen MR) is 101 cm³/mol. The third-order valence-electron chi connectivity index (χ3n) is 3.96. The van der Waals surface area contributed by atoms with E-state index >= 15 is 0 Å². The highest BCUT2D eigenvalue weighted by atomic mass is 32.1. The fourth-order valence-electron chi connectivity index (χ4n) is 2.59. The largest absolute Gasteiger partial charge is 0.379 e. The number of ether oxygens (including phenoxy) is 1. The fraction of sp³-hybridized carbons (Fsp3) is 0.412. The van der Waals surface area contributed by atoms with Crippen molar-refractivity contribution in [3.8, 4) is 0 Å². The van der Waals surface area contributed by atoms with Crippen LogP contribution in [0.1, 0.15) is 5.56 Å². The van der Waals surface area contributed by atoms with Gasteiger partial charge in [0, 0.05) is 43.3 Å². The average Bonchev–Trinajstić information content (AvgIpc) is 3.04. The monoisotopic (exact) mass is 380 g/mol. The number of rotatable bonds is 5. The Morgan fingerprint density at radius 2 is 2.12 bits per heavy atom. The Balaban J connectivity index is 1.57. The van der Waals surface area contributed by atoms with E-state index in [9.17, 15) is 4.39 Å². The molecule has 0 unspecified atom stereocenters. The van der Waals surface area contributed by atoms with Crippen LogP contribution < -0.4 is 10.1 Å². The van der Waals surface area contributed by atoms with Crippen molar-refractivity contribution in [1.29, 1.82) is 0 Å². The topological polar surface area (TPSA) is 41.8 Å². The zero-order valence-electron chi connectivity index (χ0n) is 13.9. The number of nitrogens with zero attached hydrogens (tertiary/aromatic N) is 3. The maximum atomic E-state index is 13.8. The van der Waals surface area contributed by atoms with Crippen molar-refractivity contribution >= 4 is 28.7 Å². The summed E-state index contributed by atoms with van der Waals surface area (Å²) in [6.07, 6.45) is 1.90. The number of hydrogen-bond donors (Lipinski definition) is 1. The summed E-state index contributed by atoms with van der Waals surface area (Å²) in [4.78, 5) is 7.56. The Kier molecular flexibility index (Phi) is 6.69. The van der Waals surface area contributed by atoms with Crippen molar-refractivity contribution in [2.24, 2.45) is 4.99 Å². The molecule has 1 aliphatic heterocycles. The molecule has 1 aromatic carbocycles. The molecule has 1 fully saturated rings. The van der Waals surface area contributed by atoms with E-state index < -0.39 is 0 Å². The van der Waals surface area contributed by atoms with Crippen molar-refractivity contribution < 1.29 is 9.13 Å². The molecule has 0 radical (unpaired) electrons. The summed E-state index contributed by atoms with van der Waals surface area (Å²) in [6, 6.07) is 6.77. The Labute approximate surface area is 155 Å². The van der Waals surface area contributed by atoms with Gasteiger partial charge in [-0.05, 0) is 18.3 Å². The van der Waals surface area contributed by atoms with Gasteiger partial charge in [0.25, 0.3) is 0 Å². The lowest BCUT2D eigenvalue weighted by Gasteiger charge is -2.26. The molecule has 0 spiro atoms. The number of halogens is 1. The van der Waals surface area contributed by atoms with Gasteiger partial charge >= 0.3 is 0 Å². The van der Waals surface area contributed by atoms with Gasteiger partial charge in [-0.15, -0.1) is 11.3 Å². The summed E-state index contributed by atoms with van der Waals surface area (Å²) in [5.74, 6) is -0.210. The van der Waals surface area contributed by atoms with Crippen molar-refractivity contribution in [3.05, 3.63) is 52.0 Å². The first kappa shape index (κ1) is 18.2. The minimum Gasteiger partial charge on any atom is -0.379 e. The van der Waals surface area contributed by atoms with Crippen LogP contribution >= 0.6 is 23.6 Å². The normalized spacial score (nSPS) is 16.1. The second-order valence-electron chi connectivity index (χ2n) is 5.70. The summed E-state index contributed by atoms with van der Waals surface area (Å²) < 4.78 is 21.1. The Morgan fingerprint density at radius 3 is 2.92 bits per heavy atom. The van der Waals surface area contributed by atoms with Crippen molar-refractivity contribution in [2.75, 3.05) is 39.4 Å². The lowest BCUT2D eigenvalue weighted by molar-refractivity contribution is 0.0389. The minimum absolute atomic E-state index is 0.210. The van der Waals surface area contributed by atoms with E-state index in [2.05, 4.69) is 15.2 Å². The molecule has 1 saturated heterocycles. The summed E-state index contributed by atoms with van der Waals surface area (Å²) in [6.45, 7) is 5.60. The fourth-order valence-corrected chi connectivity index (χ4v) is 3.57. The third-order valence-corrected chi connectivity index (χ3v) is 4.99. The first-order valence-corrected chi connectivity index (χ1v) is 9.51. The van der Waals surface area contributed by atoms with E-state index in [1.165, 1.54) is 17.4 Å². The highest BCUT2D eigenvalue weighted by Crippen LogP contribution is 2.08. The number of thiocarbonyl (C=S) groups is 1. The summed E-state index contributed by atoms with van der Waals surface area (Å²) in [5.41, 5.74) is 0.633. The number of thiazole rings is 1. The standard InChI is InChI=1S/C17H21FN4OS2/c18-15-4-2-1-3-14(15)13-22-9-12-25-17(22)20-16(24)19-5-6-21-7-10-23-11-8-21/h1-4,9,12H,5-8,10-11,13H2,(H,19,24). The highest BCUT2D eigenvalue weighted by Gasteiger charge is 2.09. The van der Waals surface area contributed by atoms with Gasteiger partial charge < -0.3 is 14.6 Å². The second kappa shape index (κ2) is 9.19. The van der Waals surface area contributed by atoms with Gasteiger partial charge in [0.1, 0.15) is 5.82 Å². The molecule has 0 amide bonds. The molecule has 0 bridgehead atoms. The van der Waals surface area contributed by atoms with E-state index in [-0.39, 0.29) is 5.82 Å². The molecule has 25 heavy (non-hydrogen) atoms. The molecule has 0 aliphatic carbocycles. The maximum absolute atomic E-state index is 13.8. The molecule has 1 N–H and O–H groups in total. The van der Waals surface area contributed by atoms with E-state index in [0.717, 1.165) is 44.2 Å². The molecule has 1 aliphatic rings. The first-order valence-electron chi connectivity index (χ1n) is 8.22. The molecule has 0 saturated carbocycles. The van der Waals surface area contributed by atoms with Gasteiger partial charge in [-0.3, -0.25) is 4.90 Å². The molecular formula is C17H21FN4OS2. The van der Waals surface area contributed by atoms with Crippen molar-refractivity contribution in [3.63, 3.8) is 0 Å². The zero-order valence-corrected chi connectivity index (χ0v) is 15.5. The molecule has 134 valence electrons. The van der Waals surface area contributed by atoms with Gasteiger partial charge in [0.15, 0.2) is 9.91 Å². The lowest BCUT2D eigenvalue weighted by atomic mass is 10.2. The van der Waals surface area contributed by atoms with Crippen molar-refractivity contribution in [2.45, 2.75) is 6.54 Å². The lowest BCUT2D eigenvalue weighted by Crippen LogP contribution is -2.41. The van der Waals surface area contributed by atoms with Gasteiger partial charge in [-0.2, -0.15) is 4.99 Å². The van der Waals surface area contributed by atoms with Crippen LogP contribution in [-0.4, -0.2) is 54.0 Å². The van der Waals surface area contributed by atoms with E-state index in [1.54, 1.807) is 12.1 Å². The summed E-state index contributed by atoms with van der Waals surface area (Å²) in [7, 11) is 0. The maximum Gasteiger partial charge on any atom is 0.195 e. The van der Waals surface area contributed by atoms with Crippen LogP contribution in [0.4, 0.5) is 4.39 Å². The Bertz CT molecular complexity index is 768. The van der Waals surface area contributed by atoms with Gasteiger partial charge in [-0.1, -0.05) is 18.2 Å². The summed E-state index contributed by atoms with van der Waals surface area (Å²) >= 11 is 6.80. The quantitative estimate of drug-likeness (QED) is 0.804.